The van der Waals surface area contributed by atoms with Crippen LogP contribution >= 0.6 is 0 Å². The van der Waals surface area contributed by atoms with Crippen LogP contribution in [-0.2, 0) is 16.0 Å². The molecule has 6 heteroatoms. The number of fused-ring (bicyclic) bond motifs is 1. The maximum atomic E-state index is 13.3. The van der Waals surface area contributed by atoms with Crippen LogP contribution in [0.15, 0.2) is 72.3 Å². The Bertz CT molecular complexity index is 1310. The minimum atomic E-state index is -0.777. The lowest BCUT2D eigenvalue weighted by atomic mass is 9.94. The summed E-state index contributed by atoms with van der Waals surface area (Å²) in [5, 5.41) is 11.4. The minimum absolute atomic E-state index is 0.0660. The quantitative estimate of drug-likeness (QED) is 0.335. The number of nitrogens with zero attached hydrogens (tertiary/aromatic N) is 1. The van der Waals surface area contributed by atoms with Crippen LogP contribution in [-0.4, -0.2) is 30.0 Å². The van der Waals surface area contributed by atoms with Gasteiger partial charge in [-0.15, -0.1) is 0 Å². The van der Waals surface area contributed by atoms with Crippen LogP contribution in [0.1, 0.15) is 35.2 Å². The summed E-state index contributed by atoms with van der Waals surface area (Å²) >= 11 is 0. The Kier molecular flexibility index (Phi) is 5.57. The molecule has 5 rings (SSSR count). The number of aliphatic hydroxyl groups is 1. The van der Waals surface area contributed by atoms with E-state index in [4.69, 9.17) is 9.47 Å². The number of rotatable bonds is 5. The van der Waals surface area contributed by atoms with Gasteiger partial charge in [-0.3, -0.25) is 14.5 Å². The summed E-state index contributed by atoms with van der Waals surface area (Å²) in [5.41, 5.74) is 3.71. The molecule has 1 saturated heterocycles. The normalized spacial score (nSPS) is 18.6. The Morgan fingerprint density at radius 1 is 1.09 bits per heavy atom. The van der Waals surface area contributed by atoms with Crippen molar-refractivity contribution < 1.29 is 24.2 Å². The number of ketones is 1. The van der Waals surface area contributed by atoms with E-state index in [9.17, 15) is 14.7 Å². The van der Waals surface area contributed by atoms with Gasteiger partial charge in [0.2, 0.25) is 0 Å². The fourth-order valence-electron chi connectivity index (χ4n) is 4.63. The highest BCUT2D eigenvalue weighted by molar-refractivity contribution is 6.51. The number of anilines is 1. The number of carbonyl (C=O) groups is 2. The molecule has 6 nitrogen and oxygen atoms in total. The highest BCUT2D eigenvalue weighted by atomic mass is 16.5. The molecule has 0 spiro atoms. The van der Waals surface area contributed by atoms with Gasteiger partial charge in [0.15, 0.2) is 0 Å². The number of benzene rings is 3. The lowest BCUT2D eigenvalue weighted by molar-refractivity contribution is -0.132. The van der Waals surface area contributed by atoms with Gasteiger partial charge in [-0.2, -0.15) is 0 Å². The number of aliphatic hydroxyl groups excluding tert-OH is 1. The van der Waals surface area contributed by atoms with E-state index in [-0.39, 0.29) is 11.3 Å². The van der Waals surface area contributed by atoms with Gasteiger partial charge < -0.3 is 14.6 Å². The van der Waals surface area contributed by atoms with Crippen LogP contribution in [0.4, 0.5) is 5.69 Å². The number of Topliss-reactive ketones (excluding diaryl/α,β-unsaturated/α-hetero) is 1. The highest BCUT2D eigenvalue weighted by Crippen LogP contribution is 2.43. The molecule has 1 N–H and O–H groups in total. The monoisotopic (exact) mass is 455 g/mol. The smallest absolute Gasteiger partial charge is 0.300 e. The minimum Gasteiger partial charge on any atom is -0.507 e. The van der Waals surface area contributed by atoms with Crippen molar-refractivity contribution in [3.8, 4) is 11.5 Å². The summed E-state index contributed by atoms with van der Waals surface area (Å²) < 4.78 is 11.1. The van der Waals surface area contributed by atoms with Crippen LogP contribution in [0.2, 0.25) is 0 Å². The first-order valence-corrected chi connectivity index (χ1v) is 11.3. The maximum Gasteiger partial charge on any atom is 0.300 e. The first-order valence-electron chi connectivity index (χ1n) is 11.3. The second kappa shape index (κ2) is 8.71. The summed E-state index contributed by atoms with van der Waals surface area (Å²) in [5.74, 6) is -0.101. The van der Waals surface area contributed by atoms with Crippen LogP contribution in [0.25, 0.3) is 5.76 Å². The van der Waals surface area contributed by atoms with E-state index in [2.05, 4.69) is 0 Å². The molecule has 2 aliphatic rings. The van der Waals surface area contributed by atoms with Crippen molar-refractivity contribution in [1.82, 2.24) is 0 Å². The number of carbonyl (C=O) groups excluding carboxylic acids is 2. The fourth-order valence-corrected chi connectivity index (χ4v) is 4.63. The van der Waals surface area contributed by atoms with Crippen LogP contribution in [0.3, 0.4) is 0 Å². The Labute approximate surface area is 198 Å². The maximum absolute atomic E-state index is 13.3. The van der Waals surface area contributed by atoms with E-state index in [0.29, 0.717) is 35.8 Å². The number of aryl methyl sites for hydroxylation is 1. The van der Waals surface area contributed by atoms with E-state index in [0.717, 1.165) is 23.3 Å². The average Bonchev–Trinajstić information content (AvgIpc) is 3.42. The lowest BCUT2D eigenvalue weighted by Gasteiger charge is -2.27. The van der Waals surface area contributed by atoms with Crippen molar-refractivity contribution in [3.05, 3.63) is 94.6 Å². The lowest BCUT2D eigenvalue weighted by Crippen LogP contribution is -2.30. The summed E-state index contributed by atoms with van der Waals surface area (Å²) in [6, 6.07) is 19.3. The van der Waals surface area contributed by atoms with Gasteiger partial charge >= 0.3 is 0 Å². The highest BCUT2D eigenvalue weighted by Gasteiger charge is 2.47. The molecule has 0 radical (unpaired) electrons. The zero-order valence-corrected chi connectivity index (χ0v) is 19.1. The van der Waals surface area contributed by atoms with Gasteiger partial charge in [0.05, 0.1) is 24.8 Å². The molecule has 0 aliphatic carbocycles. The standard InChI is InChI=1S/C28H25NO5/c1-3-33-21-11-8-18(9-12-21)25-24(26(30)20-10-13-23-19(16-20)14-15-34-23)27(31)28(32)29(25)22-7-5-4-6-17(22)2/h4-13,16,25,30H,3,14-15H2,1-2H3/b26-24-. The summed E-state index contributed by atoms with van der Waals surface area (Å²) in [7, 11) is 0. The van der Waals surface area contributed by atoms with Crippen LogP contribution in [0, 0.1) is 6.92 Å². The molecule has 0 bridgehead atoms. The van der Waals surface area contributed by atoms with Gasteiger partial charge in [-0.1, -0.05) is 30.3 Å². The van der Waals surface area contributed by atoms with E-state index < -0.39 is 17.7 Å². The summed E-state index contributed by atoms with van der Waals surface area (Å²) in [6.07, 6.45) is 0.732. The molecule has 1 atom stereocenters. The molecule has 3 aromatic carbocycles. The van der Waals surface area contributed by atoms with Crippen molar-refractivity contribution in [3.63, 3.8) is 0 Å². The van der Waals surface area contributed by atoms with Gasteiger partial charge in [-0.25, -0.2) is 0 Å². The van der Waals surface area contributed by atoms with E-state index in [1.54, 1.807) is 12.1 Å². The molecule has 172 valence electrons. The third kappa shape index (κ3) is 3.61. The first kappa shape index (κ1) is 21.8. The predicted molar refractivity (Wildman–Crippen MR) is 129 cm³/mol. The van der Waals surface area contributed by atoms with Crippen LogP contribution in [0.5, 0.6) is 11.5 Å². The molecule has 2 heterocycles. The van der Waals surface area contributed by atoms with E-state index in [1.165, 1.54) is 4.90 Å². The summed E-state index contributed by atoms with van der Waals surface area (Å²) in [4.78, 5) is 28.2. The molecule has 0 aromatic heterocycles. The third-order valence-electron chi connectivity index (χ3n) is 6.29. The Hall–Kier alpha value is -4.06. The third-order valence-corrected chi connectivity index (χ3v) is 6.29. The van der Waals surface area contributed by atoms with Crippen molar-refractivity contribution in [2.45, 2.75) is 26.3 Å². The molecule has 3 aromatic rings. The van der Waals surface area contributed by atoms with Crippen LogP contribution < -0.4 is 14.4 Å². The first-order chi connectivity index (χ1) is 16.5. The van der Waals surface area contributed by atoms with Crippen molar-refractivity contribution >= 4 is 23.1 Å². The Morgan fingerprint density at radius 2 is 1.85 bits per heavy atom. The fraction of sp³-hybridized carbons (Fsp3) is 0.214. The van der Waals surface area contributed by atoms with Crippen molar-refractivity contribution in [2.24, 2.45) is 0 Å². The zero-order valence-electron chi connectivity index (χ0n) is 19.1. The van der Waals surface area contributed by atoms with Gasteiger partial charge in [0.1, 0.15) is 17.3 Å². The number of amides is 1. The van der Waals surface area contributed by atoms with Gasteiger partial charge in [0.25, 0.3) is 11.7 Å². The molecule has 1 unspecified atom stereocenters. The molecule has 34 heavy (non-hydrogen) atoms. The zero-order chi connectivity index (χ0) is 23.8. The Balaban J connectivity index is 1.69. The van der Waals surface area contributed by atoms with Crippen molar-refractivity contribution in [2.75, 3.05) is 18.1 Å². The molecule has 1 amide bonds. The van der Waals surface area contributed by atoms with Crippen molar-refractivity contribution in [1.29, 1.82) is 0 Å². The second-order valence-electron chi connectivity index (χ2n) is 8.38. The number of hydrogen-bond donors (Lipinski definition) is 1. The number of ether oxygens (including phenoxy) is 2. The molecular formula is C28H25NO5. The number of hydrogen-bond acceptors (Lipinski definition) is 5. The topological polar surface area (TPSA) is 76.1 Å². The molecule has 1 fully saturated rings. The summed E-state index contributed by atoms with van der Waals surface area (Å²) in [6.45, 7) is 4.92. The van der Waals surface area contributed by atoms with E-state index in [1.807, 2.05) is 68.4 Å². The van der Waals surface area contributed by atoms with Gasteiger partial charge in [0, 0.05) is 17.7 Å². The van der Waals surface area contributed by atoms with E-state index >= 15 is 0 Å². The van der Waals surface area contributed by atoms with Gasteiger partial charge in [-0.05, 0) is 66.9 Å². The second-order valence-corrected chi connectivity index (χ2v) is 8.38. The average molecular weight is 456 g/mol. The largest absolute Gasteiger partial charge is 0.507 e. The predicted octanol–water partition coefficient (Wildman–Crippen LogP) is 4.95. The number of para-hydroxylation sites is 1. The SMILES string of the molecule is CCOc1ccc(C2/C(=C(/O)c3ccc4c(c3)CCO4)C(=O)C(=O)N2c2ccccc2C)cc1. The molecular weight excluding hydrogens is 430 g/mol. The Morgan fingerprint density at radius 3 is 2.59 bits per heavy atom. The molecule has 0 saturated carbocycles. The molecule has 2 aliphatic heterocycles.